The molecule has 2 aromatic rings. The van der Waals surface area contributed by atoms with Crippen molar-refractivity contribution >= 4 is 34.9 Å². The molecule has 2 rings (SSSR count). The molecule has 0 aliphatic rings. The SMILES string of the molecule is N/C(=N\c1ccccn1)c1c(Cl)cccc1Cl. The molecule has 0 aliphatic heterocycles. The lowest BCUT2D eigenvalue weighted by Gasteiger charge is -2.05. The molecule has 0 radical (unpaired) electrons. The van der Waals surface area contributed by atoms with Gasteiger partial charge in [0, 0.05) is 6.20 Å². The molecule has 0 spiro atoms. The third kappa shape index (κ3) is 2.75. The Morgan fingerprint density at radius 1 is 1.06 bits per heavy atom. The fourth-order valence-electron chi connectivity index (χ4n) is 1.34. The van der Waals surface area contributed by atoms with E-state index in [-0.39, 0.29) is 5.84 Å². The molecule has 0 saturated carbocycles. The lowest BCUT2D eigenvalue weighted by Crippen LogP contribution is -2.14. The van der Waals surface area contributed by atoms with Crippen LogP contribution < -0.4 is 5.73 Å². The summed E-state index contributed by atoms with van der Waals surface area (Å²) in [7, 11) is 0. The van der Waals surface area contributed by atoms with Gasteiger partial charge < -0.3 is 5.73 Å². The zero-order valence-corrected chi connectivity index (χ0v) is 10.3. The van der Waals surface area contributed by atoms with Crippen LogP contribution in [0.4, 0.5) is 5.82 Å². The first-order valence-corrected chi connectivity index (χ1v) is 5.63. The quantitative estimate of drug-likeness (QED) is 0.668. The Morgan fingerprint density at radius 2 is 1.76 bits per heavy atom. The average molecular weight is 266 g/mol. The van der Waals surface area contributed by atoms with Gasteiger partial charge in [0.25, 0.3) is 0 Å². The van der Waals surface area contributed by atoms with Gasteiger partial charge in [-0.15, -0.1) is 0 Å². The van der Waals surface area contributed by atoms with Gasteiger partial charge in [-0.05, 0) is 24.3 Å². The van der Waals surface area contributed by atoms with Crippen LogP contribution in [-0.4, -0.2) is 10.8 Å². The van der Waals surface area contributed by atoms with Gasteiger partial charge in [-0.25, -0.2) is 9.98 Å². The van der Waals surface area contributed by atoms with Crippen LogP contribution >= 0.6 is 23.2 Å². The number of nitrogens with two attached hydrogens (primary N) is 1. The molecule has 0 saturated heterocycles. The van der Waals surface area contributed by atoms with E-state index in [1.807, 2.05) is 6.07 Å². The number of hydrogen-bond donors (Lipinski definition) is 1. The number of nitrogens with zero attached hydrogens (tertiary/aromatic N) is 2. The van der Waals surface area contributed by atoms with Crippen LogP contribution in [0.5, 0.6) is 0 Å². The van der Waals surface area contributed by atoms with Crippen LogP contribution in [0, 0.1) is 0 Å². The van der Waals surface area contributed by atoms with Gasteiger partial charge in [0.15, 0.2) is 5.82 Å². The minimum absolute atomic E-state index is 0.249. The first-order valence-electron chi connectivity index (χ1n) is 4.88. The summed E-state index contributed by atoms with van der Waals surface area (Å²) < 4.78 is 0. The maximum absolute atomic E-state index is 6.02. The molecular formula is C12H9Cl2N3. The predicted molar refractivity (Wildman–Crippen MR) is 71.1 cm³/mol. The van der Waals surface area contributed by atoms with Gasteiger partial charge in [0.1, 0.15) is 5.84 Å². The van der Waals surface area contributed by atoms with Crippen LogP contribution in [0.3, 0.4) is 0 Å². The van der Waals surface area contributed by atoms with Crippen molar-refractivity contribution in [3.63, 3.8) is 0 Å². The normalized spacial score (nSPS) is 11.5. The van der Waals surface area contributed by atoms with Gasteiger partial charge in [-0.1, -0.05) is 35.3 Å². The Labute approximate surface area is 109 Å². The molecule has 1 aromatic heterocycles. The van der Waals surface area contributed by atoms with Crippen LogP contribution in [0.15, 0.2) is 47.6 Å². The van der Waals surface area contributed by atoms with E-state index in [2.05, 4.69) is 9.98 Å². The van der Waals surface area contributed by atoms with Crippen molar-refractivity contribution in [2.45, 2.75) is 0 Å². The van der Waals surface area contributed by atoms with Gasteiger partial charge in [0.05, 0.1) is 15.6 Å². The fraction of sp³-hybridized carbons (Fsp3) is 0. The highest BCUT2D eigenvalue weighted by molar-refractivity contribution is 6.40. The van der Waals surface area contributed by atoms with Crippen molar-refractivity contribution in [2.24, 2.45) is 10.7 Å². The summed E-state index contributed by atoms with van der Waals surface area (Å²) >= 11 is 12.0. The van der Waals surface area contributed by atoms with Crippen molar-refractivity contribution in [1.29, 1.82) is 0 Å². The first kappa shape index (κ1) is 11.9. The number of benzene rings is 1. The molecule has 1 heterocycles. The Morgan fingerprint density at radius 3 is 2.35 bits per heavy atom. The summed E-state index contributed by atoms with van der Waals surface area (Å²) in [5.74, 6) is 0.764. The van der Waals surface area contributed by atoms with Crippen LogP contribution in [-0.2, 0) is 0 Å². The summed E-state index contributed by atoms with van der Waals surface area (Å²) in [5, 5.41) is 0.935. The van der Waals surface area contributed by atoms with Crippen LogP contribution in [0.1, 0.15) is 5.56 Å². The standard InChI is InChI=1S/C12H9Cl2N3/c13-8-4-3-5-9(14)11(8)12(15)17-10-6-1-2-7-16-10/h1-7H,(H2,15,16,17). The van der Waals surface area contributed by atoms with Gasteiger partial charge in [-0.2, -0.15) is 0 Å². The maximum Gasteiger partial charge on any atom is 0.154 e. The second kappa shape index (κ2) is 5.17. The third-order valence-electron chi connectivity index (χ3n) is 2.10. The summed E-state index contributed by atoms with van der Waals surface area (Å²) in [5.41, 5.74) is 6.40. The van der Waals surface area contributed by atoms with Gasteiger partial charge in [0.2, 0.25) is 0 Å². The molecule has 5 heteroatoms. The highest BCUT2D eigenvalue weighted by Gasteiger charge is 2.09. The number of halogens is 2. The van der Waals surface area contributed by atoms with E-state index < -0.39 is 0 Å². The van der Waals surface area contributed by atoms with E-state index in [4.69, 9.17) is 28.9 Å². The Hall–Kier alpha value is -1.58. The monoisotopic (exact) mass is 265 g/mol. The molecule has 1 aromatic carbocycles. The number of pyridine rings is 1. The van der Waals surface area contributed by atoms with Crippen molar-refractivity contribution < 1.29 is 0 Å². The lowest BCUT2D eigenvalue weighted by atomic mass is 10.2. The third-order valence-corrected chi connectivity index (χ3v) is 2.73. The molecule has 0 atom stereocenters. The topological polar surface area (TPSA) is 51.3 Å². The maximum atomic E-state index is 6.02. The van der Waals surface area contributed by atoms with Crippen LogP contribution in [0.2, 0.25) is 10.0 Å². The number of rotatable bonds is 2. The van der Waals surface area contributed by atoms with E-state index >= 15 is 0 Å². The predicted octanol–water partition coefficient (Wildman–Crippen LogP) is 3.43. The summed E-state index contributed by atoms with van der Waals surface area (Å²) in [6.45, 7) is 0. The highest BCUT2D eigenvalue weighted by Crippen LogP contribution is 2.24. The lowest BCUT2D eigenvalue weighted by molar-refractivity contribution is 1.26. The molecule has 0 bridgehead atoms. The zero-order valence-electron chi connectivity index (χ0n) is 8.77. The van der Waals surface area contributed by atoms with Crippen molar-refractivity contribution in [3.05, 3.63) is 58.2 Å². The van der Waals surface area contributed by atoms with Crippen LogP contribution in [0.25, 0.3) is 0 Å². The zero-order chi connectivity index (χ0) is 12.3. The highest BCUT2D eigenvalue weighted by atomic mass is 35.5. The second-order valence-electron chi connectivity index (χ2n) is 3.28. The van der Waals surface area contributed by atoms with E-state index in [1.54, 1.807) is 36.5 Å². The Bertz CT molecular complexity index is 533. The fourth-order valence-corrected chi connectivity index (χ4v) is 1.93. The van der Waals surface area contributed by atoms with Gasteiger partial charge in [-0.3, -0.25) is 0 Å². The molecular weight excluding hydrogens is 257 g/mol. The van der Waals surface area contributed by atoms with Crippen molar-refractivity contribution in [1.82, 2.24) is 4.98 Å². The van der Waals surface area contributed by atoms with E-state index in [9.17, 15) is 0 Å². The number of aliphatic imine (C=N–C) groups is 1. The van der Waals surface area contributed by atoms with Crippen molar-refractivity contribution in [3.8, 4) is 0 Å². The Kier molecular flexibility index (Phi) is 3.61. The minimum Gasteiger partial charge on any atom is -0.383 e. The van der Waals surface area contributed by atoms with E-state index in [1.165, 1.54) is 0 Å². The second-order valence-corrected chi connectivity index (χ2v) is 4.10. The average Bonchev–Trinajstić information content (AvgIpc) is 2.30. The molecule has 86 valence electrons. The molecule has 0 unspecified atom stereocenters. The number of amidine groups is 1. The smallest absolute Gasteiger partial charge is 0.154 e. The van der Waals surface area contributed by atoms with E-state index in [0.29, 0.717) is 21.4 Å². The molecule has 0 aliphatic carbocycles. The molecule has 2 N–H and O–H groups in total. The molecule has 3 nitrogen and oxygen atoms in total. The summed E-state index contributed by atoms with van der Waals surface area (Å²) in [6.07, 6.45) is 1.64. The first-order chi connectivity index (χ1) is 8.18. The molecule has 17 heavy (non-hydrogen) atoms. The Balaban J connectivity index is 2.44. The molecule has 0 fully saturated rings. The number of aromatic nitrogens is 1. The van der Waals surface area contributed by atoms with Gasteiger partial charge >= 0.3 is 0 Å². The van der Waals surface area contributed by atoms with Crippen molar-refractivity contribution in [2.75, 3.05) is 0 Å². The van der Waals surface area contributed by atoms with E-state index in [0.717, 1.165) is 0 Å². The number of hydrogen-bond acceptors (Lipinski definition) is 2. The summed E-state index contributed by atoms with van der Waals surface area (Å²) in [6, 6.07) is 10.6. The largest absolute Gasteiger partial charge is 0.383 e. The minimum atomic E-state index is 0.249. The molecule has 0 amide bonds. The summed E-state index contributed by atoms with van der Waals surface area (Å²) in [4.78, 5) is 8.22.